The fourth-order valence-corrected chi connectivity index (χ4v) is 8.79. The fourth-order valence-electron chi connectivity index (χ4n) is 8.79. The van der Waals surface area contributed by atoms with Crippen LogP contribution >= 0.6 is 0 Å². The zero-order valence-corrected chi connectivity index (χ0v) is 32.2. The molecule has 294 valence electrons. The van der Waals surface area contributed by atoms with Gasteiger partial charge in [-0.1, -0.05) is 84.9 Å². The highest BCUT2D eigenvalue weighted by atomic mass is 16.4. The van der Waals surface area contributed by atoms with E-state index in [-0.39, 0.29) is 23.9 Å². The molecule has 3 saturated heterocycles. The van der Waals surface area contributed by atoms with Gasteiger partial charge >= 0.3 is 6.09 Å². The number of carbonyl (C=O) groups excluding carboxylic acids is 2. The molecule has 5 heterocycles. The van der Waals surface area contributed by atoms with Crippen LogP contribution < -0.4 is 10.2 Å². The van der Waals surface area contributed by atoms with Gasteiger partial charge in [0.05, 0.1) is 29.7 Å². The minimum absolute atomic E-state index is 0.0569. The highest BCUT2D eigenvalue weighted by Gasteiger charge is 2.37. The summed E-state index contributed by atoms with van der Waals surface area (Å²) in [6.45, 7) is 3.32. The number of carbonyl (C=O) groups is 3. The first-order chi connectivity index (χ1) is 28.4. The van der Waals surface area contributed by atoms with E-state index in [2.05, 4.69) is 62.6 Å². The maximum atomic E-state index is 13.8. The van der Waals surface area contributed by atoms with Gasteiger partial charge in [0, 0.05) is 49.2 Å². The first-order valence-electron chi connectivity index (χ1n) is 20.2. The Labute approximate surface area is 337 Å². The summed E-state index contributed by atoms with van der Waals surface area (Å²) in [5, 5.41) is 11.9. The Morgan fingerprint density at radius 1 is 0.707 bits per heavy atom. The predicted octanol–water partition coefficient (Wildman–Crippen LogP) is 8.38. The number of H-pyrrole nitrogens is 2. The van der Waals surface area contributed by atoms with Crippen LogP contribution in [0, 0.1) is 0 Å². The summed E-state index contributed by atoms with van der Waals surface area (Å²) in [5.41, 5.74) is 8.24. The number of benzene rings is 4. The summed E-state index contributed by atoms with van der Waals surface area (Å²) in [6.07, 6.45) is 8.20. The number of nitrogens with zero attached hydrogens (tertiary/aromatic N) is 5. The Morgan fingerprint density at radius 2 is 1.36 bits per heavy atom. The third-order valence-corrected chi connectivity index (χ3v) is 11.8. The van der Waals surface area contributed by atoms with E-state index in [0.717, 1.165) is 89.5 Å². The molecule has 3 amide bonds. The average molecular weight is 775 g/mol. The molecule has 12 nitrogen and oxygen atoms in total. The summed E-state index contributed by atoms with van der Waals surface area (Å²) in [6, 6.07) is 32.2. The van der Waals surface area contributed by atoms with Crippen LogP contribution in [-0.2, 0) is 4.79 Å². The Hall–Kier alpha value is -6.69. The van der Waals surface area contributed by atoms with E-state index < -0.39 is 12.1 Å². The first-order valence-corrected chi connectivity index (χ1v) is 20.2. The Morgan fingerprint density at radius 3 is 2.07 bits per heavy atom. The molecule has 3 aliphatic rings. The zero-order chi connectivity index (χ0) is 39.6. The van der Waals surface area contributed by atoms with Gasteiger partial charge in [-0.2, -0.15) is 0 Å². The first kappa shape index (κ1) is 36.9. The molecule has 0 radical (unpaired) electrons. The second kappa shape index (κ2) is 16.0. The molecule has 4 aromatic carbocycles. The van der Waals surface area contributed by atoms with E-state index in [4.69, 9.17) is 9.97 Å². The molecule has 0 bridgehead atoms. The molecule has 58 heavy (non-hydrogen) atoms. The van der Waals surface area contributed by atoms with Crippen molar-refractivity contribution in [2.45, 2.75) is 56.7 Å². The van der Waals surface area contributed by atoms with E-state index in [1.54, 1.807) is 29.2 Å². The van der Waals surface area contributed by atoms with Crippen molar-refractivity contribution >= 4 is 23.6 Å². The van der Waals surface area contributed by atoms with Crippen molar-refractivity contribution in [3.8, 4) is 33.6 Å². The van der Waals surface area contributed by atoms with Gasteiger partial charge in [0.15, 0.2) is 0 Å². The van der Waals surface area contributed by atoms with E-state index in [9.17, 15) is 19.5 Å². The predicted molar refractivity (Wildman–Crippen MR) is 222 cm³/mol. The number of amides is 3. The normalized spacial score (nSPS) is 18.4. The van der Waals surface area contributed by atoms with E-state index in [1.807, 2.05) is 53.7 Å². The van der Waals surface area contributed by atoms with Gasteiger partial charge in [0.1, 0.15) is 17.7 Å². The largest absolute Gasteiger partial charge is 0.465 e. The van der Waals surface area contributed by atoms with Crippen LogP contribution in [0.15, 0.2) is 116 Å². The fraction of sp³-hybridized carbons (Fsp3) is 0.283. The van der Waals surface area contributed by atoms with Crippen molar-refractivity contribution in [3.63, 3.8) is 0 Å². The number of nitrogens with one attached hydrogen (secondary N) is 3. The highest BCUT2D eigenvalue weighted by molar-refractivity contribution is 5.95. The molecule has 2 aromatic heterocycles. The number of rotatable bonds is 10. The number of aromatic nitrogens is 4. The lowest BCUT2D eigenvalue weighted by atomic mass is 10.0. The topological polar surface area (TPSA) is 151 Å². The summed E-state index contributed by atoms with van der Waals surface area (Å²) >= 11 is 0. The van der Waals surface area contributed by atoms with Crippen LogP contribution in [0.25, 0.3) is 33.6 Å². The van der Waals surface area contributed by atoms with Gasteiger partial charge in [-0.3, -0.25) is 9.59 Å². The van der Waals surface area contributed by atoms with Crippen molar-refractivity contribution in [3.05, 3.63) is 138 Å². The number of anilines is 1. The lowest BCUT2D eigenvalue weighted by Crippen LogP contribution is -2.42. The van der Waals surface area contributed by atoms with Crippen LogP contribution in [-0.4, -0.2) is 78.9 Å². The molecule has 4 N–H and O–H groups in total. The highest BCUT2D eigenvalue weighted by Crippen LogP contribution is 2.36. The number of carboxylic acid groups (broad SMARTS) is 1. The van der Waals surface area contributed by atoms with Crippen LogP contribution in [0.1, 0.15) is 84.2 Å². The maximum Gasteiger partial charge on any atom is 0.405 e. The van der Waals surface area contributed by atoms with Gasteiger partial charge < -0.3 is 35.1 Å². The molecule has 0 aliphatic carbocycles. The molecule has 0 saturated carbocycles. The van der Waals surface area contributed by atoms with Crippen molar-refractivity contribution in [1.82, 2.24) is 35.1 Å². The molecule has 0 unspecified atom stereocenters. The molecule has 3 fully saturated rings. The molecule has 3 atom stereocenters. The molecule has 9 rings (SSSR count). The summed E-state index contributed by atoms with van der Waals surface area (Å²) in [7, 11) is 0. The van der Waals surface area contributed by atoms with Gasteiger partial charge in [-0.25, -0.2) is 14.8 Å². The van der Waals surface area contributed by atoms with Gasteiger partial charge in [-0.15, -0.1) is 0 Å². The molecule has 3 aliphatic heterocycles. The maximum absolute atomic E-state index is 13.8. The van der Waals surface area contributed by atoms with Crippen LogP contribution in [0.3, 0.4) is 0 Å². The Kier molecular flexibility index (Phi) is 10.2. The van der Waals surface area contributed by atoms with Crippen LogP contribution in [0.5, 0.6) is 0 Å². The van der Waals surface area contributed by atoms with E-state index in [0.29, 0.717) is 24.5 Å². The second-order valence-electron chi connectivity index (χ2n) is 15.4. The molecule has 12 heteroatoms. The lowest BCUT2D eigenvalue weighted by Gasteiger charge is -2.28. The Balaban J connectivity index is 0.852. The SMILES string of the molecule is O=C(O)N[C@@H](C(=O)N1CCC[C@H]1c1nc(-c2ccc(-c3ccc(-c4cnc([C@@H]5CCCN5C(=O)c5cccc(N6CCCC6)c5)[nH]4)cc3)cc2)c[nH]1)c1ccccc1. The summed E-state index contributed by atoms with van der Waals surface area (Å²) in [4.78, 5) is 61.6. The summed E-state index contributed by atoms with van der Waals surface area (Å²) in [5.74, 6) is 1.26. The smallest absolute Gasteiger partial charge is 0.405 e. The molecule has 6 aromatic rings. The van der Waals surface area contributed by atoms with Crippen LogP contribution in [0.2, 0.25) is 0 Å². The van der Waals surface area contributed by atoms with Crippen molar-refractivity contribution in [2.24, 2.45) is 0 Å². The third kappa shape index (κ3) is 7.45. The number of hydrogen-bond acceptors (Lipinski definition) is 6. The minimum Gasteiger partial charge on any atom is -0.465 e. The zero-order valence-electron chi connectivity index (χ0n) is 32.2. The van der Waals surface area contributed by atoms with Crippen molar-refractivity contribution in [2.75, 3.05) is 31.1 Å². The Bertz CT molecular complexity index is 2400. The number of aromatic amines is 2. The third-order valence-electron chi connectivity index (χ3n) is 11.8. The lowest BCUT2D eigenvalue weighted by molar-refractivity contribution is -0.134. The minimum atomic E-state index is -1.25. The van der Waals surface area contributed by atoms with Crippen molar-refractivity contribution < 1.29 is 19.5 Å². The quantitative estimate of drug-likeness (QED) is 0.109. The molecular formula is C46H46N8O4. The average Bonchev–Trinajstić information content (AvgIpc) is 4.12. The number of likely N-dealkylation sites (tertiary alicyclic amines) is 2. The standard InChI is InChI=1S/C46H46N8O4/c55-44(35-11-6-12-36(27-35)52-23-4-5-24-52)53-25-7-13-39(53)42-47-28-37(49-42)32-19-15-30(16-20-32)31-17-21-33(22-18-31)38-29-48-43(50-38)40-14-8-26-54(40)45(56)41(51-46(57)58)34-9-2-1-3-10-34/h1-3,6,9-12,15-22,27-29,39-41,51H,4-5,7-8,13-14,23-26H2,(H,47,49)(H,48,50)(H,57,58)/t39-,40-,41+/m0/s1. The second-order valence-corrected chi connectivity index (χ2v) is 15.4. The van der Waals surface area contributed by atoms with E-state index >= 15 is 0 Å². The number of imidazole rings is 2. The van der Waals surface area contributed by atoms with Gasteiger partial charge in [0.2, 0.25) is 0 Å². The van der Waals surface area contributed by atoms with E-state index in [1.165, 1.54) is 12.8 Å². The summed E-state index contributed by atoms with van der Waals surface area (Å²) < 4.78 is 0. The molecule has 0 spiro atoms. The molecular weight excluding hydrogens is 729 g/mol. The van der Waals surface area contributed by atoms with Crippen molar-refractivity contribution in [1.29, 1.82) is 0 Å². The number of hydrogen-bond donors (Lipinski definition) is 4. The van der Waals surface area contributed by atoms with Gasteiger partial charge in [0.25, 0.3) is 11.8 Å². The van der Waals surface area contributed by atoms with Gasteiger partial charge in [-0.05, 0) is 79.0 Å². The monoisotopic (exact) mass is 774 g/mol. The van der Waals surface area contributed by atoms with Crippen LogP contribution in [0.4, 0.5) is 10.5 Å².